The lowest BCUT2D eigenvalue weighted by Crippen LogP contribution is -2.10. The molecule has 0 unspecified atom stereocenters. The van der Waals surface area contributed by atoms with Crippen molar-refractivity contribution in [2.45, 2.75) is 26.2 Å². The Kier molecular flexibility index (Phi) is 2.63. The lowest BCUT2D eigenvalue weighted by Gasteiger charge is -2.19. The summed E-state index contributed by atoms with van der Waals surface area (Å²) in [4.78, 5) is 0. The van der Waals surface area contributed by atoms with E-state index >= 15 is 0 Å². The number of H-pyrrole nitrogens is 1. The van der Waals surface area contributed by atoms with E-state index in [0.29, 0.717) is 0 Å². The quantitative estimate of drug-likeness (QED) is 0.712. The number of hydrogen-bond acceptors (Lipinski definition) is 2. The van der Waals surface area contributed by atoms with Crippen LogP contribution in [0, 0.1) is 0 Å². The minimum Gasteiger partial charge on any atom is -0.258 e. The molecule has 3 aromatic rings. The summed E-state index contributed by atoms with van der Waals surface area (Å²) < 4.78 is 0. The zero-order chi connectivity index (χ0) is 13.5. The molecule has 1 aromatic heterocycles. The summed E-state index contributed by atoms with van der Waals surface area (Å²) >= 11 is 0. The monoisotopic (exact) mass is 251 g/mol. The van der Waals surface area contributed by atoms with Gasteiger partial charge in [0.05, 0.1) is 5.52 Å². The number of rotatable bonds is 1. The second kappa shape index (κ2) is 4.19. The second-order valence-electron chi connectivity index (χ2n) is 5.87. The number of aromatic nitrogens is 3. The maximum absolute atomic E-state index is 4.06. The van der Waals surface area contributed by atoms with E-state index in [1.807, 2.05) is 6.07 Å². The number of benzene rings is 2. The molecule has 0 atom stereocenters. The van der Waals surface area contributed by atoms with Crippen LogP contribution in [0.4, 0.5) is 0 Å². The van der Waals surface area contributed by atoms with Crippen molar-refractivity contribution in [1.82, 2.24) is 15.4 Å². The first-order valence-electron chi connectivity index (χ1n) is 6.46. The molecule has 2 aromatic carbocycles. The Morgan fingerprint density at radius 2 is 1.58 bits per heavy atom. The predicted octanol–water partition coefficient (Wildman–Crippen LogP) is 3.92. The van der Waals surface area contributed by atoms with E-state index in [-0.39, 0.29) is 5.41 Å². The van der Waals surface area contributed by atoms with Gasteiger partial charge in [-0.1, -0.05) is 56.3 Å². The molecule has 0 aliphatic heterocycles. The van der Waals surface area contributed by atoms with E-state index < -0.39 is 0 Å². The highest BCUT2D eigenvalue weighted by molar-refractivity contribution is 5.80. The Hall–Kier alpha value is -2.16. The van der Waals surface area contributed by atoms with Crippen molar-refractivity contribution >= 4 is 11.0 Å². The Balaban J connectivity index is 2.01. The summed E-state index contributed by atoms with van der Waals surface area (Å²) in [6, 6.07) is 14.9. The summed E-state index contributed by atoms with van der Waals surface area (Å²) in [5.41, 5.74) is 5.78. The Morgan fingerprint density at radius 3 is 2.26 bits per heavy atom. The third kappa shape index (κ3) is 2.24. The van der Waals surface area contributed by atoms with E-state index in [1.165, 1.54) is 16.7 Å². The average Bonchev–Trinajstić information content (AvgIpc) is 2.85. The Bertz CT molecular complexity index is 703. The van der Waals surface area contributed by atoms with Crippen LogP contribution in [0.25, 0.3) is 22.2 Å². The van der Waals surface area contributed by atoms with Crippen LogP contribution in [0.2, 0.25) is 0 Å². The van der Waals surface area contributed by atoms with E-state index in [1.54, 1.807) is 0 Å². The molecule has 0 saturated heterocycles. The van der Waals surface area contributed by atoms with Crippen molar-refractivity contribution in [3.8, 4) is 11.1 Å². The molecule has 1 heterocycles. The highest BCUT2D eigenvalue weighted by Gasteiger charge is 2.13. The van der Waals surface area contributed by atoms with E-state index in [2.05, 4.69) is 72.6 Å². The molecule has 0 fully saturated rings. The molecule has 0 radical (unpaired) electrons. The summed E-state index contributed by atoms with van der Waals surface area (Å²) in [6.45, 7) is 6.68. The van der Waals surface area contributed by atoms with Gasteiger partial charge >= 0.3 is 0 Å². The van der Waals surface area contributed by atoms with E-state index in [0.717, 1.165) is 11.0 Å². The summed E-state index contributed by atoms with van der Waals surface area (Å²) in [6.07, 6.45) is 0. The molecule has 0 bridgehead atoms. The highest BCUT2D eigenvalue weighted by Crippen LogP contribution is 2.27. The van der Waals surface area contributed by atoms with Crippen molar-refractivity contribution in [3.63, 3.8) is 0 Å². The van der Waals surface area contributed by atoms with Crippen molar-refractivity contribution in [2.24, 2.45) is 0 Å². The molecule has 0 amide bonds. The van der Waals surface area contributed by atoms with Gasteiger partial charge in [0.25, 0.3) is 0 Å². The number of nitrogens with one attached hydrogen (secondary N) is 1. The molecule has 0 spiro atoms. The van der Waals surface area contributed by atoms with E-state index in [9.17, 15) is 0 Å². The summed E-state index contributed by atoms with van der Waals surface area (Å²) in [7, 11) is 0. The molecule has 3 heteroatoms. The maximum atomic E-state index is 4.06. The van der Waals surface area contributed by atoms with Crippen LogP contribution in [0.15, 0.2) is 42.5 Å². The predicted molar refractivity (Wildman–Crippen MR) is 78.0 cm³/mol. The van der Waals surface area contributed by atoms with Crippen molar-refractivity contribution in [2.75, 3.05) is 0 Å². The average molecular weight is 251 g/mol. The summed E-state index contributed by atoms with van der Waals surface area (Å²) in [5, 5.41) is 10.7. The fourth-order valence-electron chi connectivity index (χ4n) is 2.18. The van der Waals surface area contributed by atoms with E-state index in [4.69, 9.17) is 0 Å². The van der Waals surface area contributed by atoms with Gasteiger partial charge in [-0.05, 0) is 34.2 Å². The number of nitrogens with zero attached hydrogens (tertiary/aromatic N) is 2. The van der Waals surface area contributed by atoms with Crippen LogP contribution in [-0.2, 0) is 5.41 Å². The zero-order valence-corrected chi connectivity index (χ0v) is 11.4. The molecule has 0 aliphatic rings. The molecule has 19 heavy (non-hydrogen) atoms. The maximum Gasteiger partial charge on any atom is 0.113 e. The van der Waals surface area contributed by atoms with Gasteiger partial charge in [0, 0.05) is 0 Å². The third-order valence-corrected chi connectivity index (χ3v) is 3.41. The highest BCUT2D eigenvalue weighted by atomic mass is 15.3. The minimum absolute atomic E-state index is 0.189. The van der Waals surface area contributed by atoms with Gasteiger partial charge in [-0.3, -0.25) is 5.10 Å². The number of fused-ring (bicyclic) bond motifs is 1. The molecule has 0 aliphatic carbocycles. The second-order valence-corrected chi connectivity index (χ2v) is 5.87. The topological polar surface area (TPSA) is 41.6 Å². The molecule has 3 rings (SSSR count). The Labute approximate surface area is 112 Å². The Morgan fingerprint density at radius 1 is 0.895 bits per heavy atom. The standard InChI is InChI=1S/C16H17N3/c1-16(2,3)13-7-4-11(5-8-13)12-6-9-14-15(10-12)18-19-17-14/h4-10H,1-3H3,(H,17,18,19). The molecule has 96 valence electrons. The zero-order valence-electron chi connectivity index (χ0n) is 11.4. The van der Waals surface area contributed by atoms with Crippen LogP contribution >= 0.6 is 0 Å². The molecule has 1 N–H and O–H groups in total. The van der Waals surface area contributed by atoms with Gasteiger partial charge in [0.2, 0.25) is 0 Å². The van der Waals surface area contributed by atoms with Crippen molar-refractivity contribution < 1.29 is 0 Å². The SMILES string of the molecule is CC(C)(C)c1ccc(-c2ccc3[nH]nnc3c2)cc1. The van der Waals surface area contributed by atoms with Crippen molar-refractivity contribution in [1.29, 1.82) is 0 Å². The van der Waals surface area contributed by atoms with Crippen molar-refractivity contribution in [3.05, 3.63) is 48.0 Å². The first-order valence-corrected chi connectivity index (χ1v) is 6.46. The van der Waals surface area contributed by atoms with Crippen LogP contribution in [0.5, 0.6) is 0 Å². The molecule has 3 nitrogen and oxygen atoms in total. The number of hydrogen-bond donors (Lipinski definition) is 1. The first kappa shape index (κ1) is 11.9. The van der Waals surface area contributed by atoms with Gasteiger partial charge in [0.1, 0.15) is 5.52 Å². The largest absolute Gasteiger partial charge is 0.258 e. The van der Waals surface area contributed by atoms with Crippen LogP contribution in [0.1, 0.15) is 26.3 Å². The fraction of sp³-hybridized carbons (Fsp3) is 0.250. The van der Waals surface area contributed by atoms with Gasteiger partial charge in [-0.25, -0.2) is 0 Å². The lowest BCUT2D eigenvalue weighted by molar-refractivity contribution is 0.590. The first-order chi connectivity index (χ1) is 9.04. The minimum atomic E-state index is 0.189. The molecular formula is C16H17N3. The fourth-order valence-corrected chi connectivity index (χ4v) is 2.18. The smallest absolute Gasteiger partial charge is 0.113 e. The third-order valence-electron chi connectivity index (χ3n) is 3.41. The van der Waals surface area contributed by atoms with Crippen LogP contribution in [-0.4, -0.2) is 15.4 Å². The summed E-state index contributed by atoms with van der Waals surface area (Å²) in [5.74, 6) is 0. The van der Waals surface area contributed by atoms with Gasteiger partial charge in [-0.15, -0.1) is 5.10 Å². The number of aromatic amines is 1. The van der Waals surface area contributed by atoms with Crippen LogP contribution in [0.3, 0.4) is 0 Å². The normalized spacial score (nSPS) is 11.9. The molecule has 0 saturated carbocycles. The van der Waals surface area contributed by atoms with Gasteiger partial charge in [0.15, 0.2) is 0 Å². The lowest BCUT2D eigenvalue weighted by atomic mass is 9.86. The van der Waals surface area contributed by atoms with Gasteiger partial charge < -0.3 is 0 Å². The van der Waals surface area contributed by atoms with Gasteiger partial charge in [-0.2, -0.15) is 0 Å². The van der Waals surface area contributed by atoms with Crippen LogP contribution < -0.4 is 0 Å². The molecular weight excluding hydrogens is 234 g/mol.